The lowest BCUT2D eigenvalue weighted by Gasteiger charge is -2.23. The molecule has 5 rings (SSSR count). The number of carbonyl (C=O) groups is 2. The summed E-state index contributed by atoms with van der Waals surface area (Å²) in [4.78, 5) is 28.5. The highest BCUT2D eigenvalue weighted by molar-refractivity contribution is 8.00. The van der Waals surface area contributed by atoms with Crippen molar-refractivity contribution >= 4 is 57.3 Å². The Labute approximate surface area is 268 Å². The summed E-state index contributed by atoms with van der Waals surface area (Å²) < 4.78 is 17.2. The first-order valence-corrected chi connectivity index (χ1v) is 16.0. The lowest BCUT2D eigenvalue weighted by molar-refractivity contribution is -0.132. The molecule has 1 saturated heterocycles. The van der Waals surface area contributed by atoms with Crippen LogP contribution in [0.2, 0.25) is 5.02 Å². The number of thioether (sulfide) groups is 1. The molecule has 9 nitrogen and oxygen atoms in total. The predicted octanol–water partition coefficient (Wildman–Crippen LogP) is 7.31. The summed E-state index contributed by atoms with van der Waals surface area (Å²) in [6.07, 6.45) is 1.92. The number of aliphatic hydroxyl groups is 1. The van der Waals surface area contributed by atoms with Gasteiger partial charge in [0.15, 0.2) is 15.8 Å². The van der Waals surface area contributed by atoms with E-state index in [2.05, 4.69) is 17.1 Å². The fraction of sp³-hybridized carbons (Fsp3) is 0.250. The van der Waals surface area contributed by atoms with Crippen LogP contribution in [0.15, 0.2) is 76.6 Å². The zero-order chi connectivity index (χ0) is 31.2. The molecule has 44 heavy (non-hydrogen) atoms. The third kappa shape index (κ3) is 6.54. The molecule has 12 heteroatoms. The van der Waals surface area contributed by atoms with Gasteiger partial charge in [-0.3, -0.25) is 14.5 Å². The Morgan fingerprint density at radius 1 is 1.02 bits per heavy atom. The SMILES string of the molecule is CCCCOc1ccc(/C(O)=C2\C(=O)C(=O)N(c3nnc(SCc4ccccc4Cl)s3)C2c2ccc(OC)c(OC)c2)cc1. The number of nitrogens with zero attached hydrogens (tertiary/aromatic N) is 3. The van der Waals surface area contributed by atoms with Gasteiger partial charge in [-0.2, -0.15) is 0 Å². The van der Waals surface area contributed by atoms with E-state index in [9.17, 15) is 14.7 Å². The van der Waals surface area contributed by atoms with Crippen molar-refractivity contribution in [1.29, 1.82) is 0 Å². The minimum atomic E-state index is -1.01. The largest absolute Gasteiger partial charge is 0.507 e. The van der Waals surface area contributed by atoms with Gasteiger partial charge in [-0.05, 0) is 60.0 Å². The first kappa shape index (κ1) is 31.4. The Bertz CT molecular complexity index is 1690. The molecule has 1 N–H and O–H groups in total. The van der Waals surface area contributed by atoms with Crippen LogP contribution in [-0.4, -0.2) is 47.8 Å². The minimum absolute atomic E-state index is 0.0812. The lowest BCUT2D eigenvalue weighted by Crippen LogP contribution is -2.29. The summed E-state index contributed by atoms with van der Waals surface area (Å²) >= 11 is 8.90. The van der Waals surface area contributed by atoms with Crippen molar-refractivity contribution in [2.45, 2.75) is 35.9 Å². The molecule has 1 aromatic heterocycles. The van der Waals surface area contributed by atoms with Crippen LogP contribution >= 0.6 is 34.7 Å². The van der Waals surface area contributed by atoms with Crippen LogP contribution in [0.1, 0.15) is 42.5 Å². The standard InChI is InChI=1S/C32H30ClN3O6S2/c1-4-5-16-42-22-13-10-19(11-14-22)28(37)26-27(20-12-15-24(40-2)25(17-20)41-3)36(30(39)29(26)38)31-34-35-32(44-31)43-18-21-8-6-7-9-23(21)33/h6-15,17,27,37H,4-5,16,18H2,1-3H3/b28-26+. The van der Waals surface area contributed by atoms with E-state index in [4.69, 9.17) is 25.8 Å². The molecule has 0 saturated carbocycles. The van der Waals surface area contributed by atoms with Crippen LogP contribution in [0.5, 0.6) is 17.2 Å². The maximum Gasteiger partial charge on any atom is 0.301 e. The normalized spacial score (nSPS) is 15.9. The average Bonchev–Trinajstić information content (AvgIpc) is 3.62. The molecule has 1 aliphatic rings. The number of amides is 1. The summed E-state index contributed by atoms with van der Waals surface area (Å²) in [5.74, 6) is 0.0741. The maximum atomic E-state index is 13.6. The van der Waals surface area contributed by atoms with E-state index in [0.717, 1.165) is 18.4 Å². The second-order valence-corrected chi connectivity index (χ2v) is 12.3. The quantitative estimate of drug-likeness (QED) is 0.0421. The van der Waals surface area contributed by atoms with Gasteiger partial charge in [0, 0.05) is 16.3 Å². The van der Waals surface area contributed by atoms with E-state index in [1.165, 1.54) is 42.2 Å². The first-order chi connectivity index (χ1) is 21.4. The number of ketones is 1. The molecule has 0 radical (unpaired) electrons. The highest BCUT2D eigenvalue weighted by atomic mass is 35.5. The van der Waals surface area contributed by atoms with Gasteiger partial charge < -0.3 is 19.3 Å². The van der Waals surface area contributed by atoms with E-state index >= 15 is 0 Å². The third-order valence-electron chi connectivity index (χ3n) is 6.97. The van der Waals surface area contributed by atoms with Crippen LogP contribution in [0.3, 0.4) is 0 Å². The fourth-order valence-electron chi connectivity index (χ4n) is 4.68. The topological polar surface area (TPSA) is 111 Å². The highest BCUT2D eigenvalue weighted by Crippen LogP contribution is 2.45. The van der Waals surface area contributed by atoms with Crippen molar-refractivity contribution in [3.63, 3.8) is 0 Å². The molecule has 1 unspecified atom stereocenters. The molecule has 1 atom stereocenters. The average molecular weight is 652 g/mol. The van der Waals surface area contributed by atoms with Gasteiger partial charge in [-0.15, -0.1) is 10.2 Å². The monoisotopic (exact) mass is 651 g/mol. The van der Waals surface area contributed by atoms with Crippen LogP contribution < -0.4 is 19.1 Å². The van der Waals surface area contributed by atoms with Crippen molar-refractivity contribution in [2.24, 2.45) is 0 Å². The molecule has 4 aromatic rings. The number of Topliss-reactive ketones (excluding diaryl/α,β-unsaturated/α-hetero) is 1. The minimum Gasteiger partial charge on any atom is -0.507 e. The number of carbonyl (C=O) groups excluding carboxylic acids is 2. The number of methoxy groups -OCH3 is 2. The molecule has 228 valence electrons. The summed E-state index contributed by atoms with van der Waals surface area (Å²) in [7, 11) is 3.01. The lowest BCUT2D eigenvalue weighted by atomic mass is 9.95. The van der Waals surface area contributed by atoms with Gasteiger partial charge in [-0.25, -0.2) is 0 Å². The second-order valence-electron chi connectivity index (χ2n) is 9.74. The van der Waals surface area contributed by atoms with E-state index in [-0.39, 0.29) is 16.5 Å². The highest BCUT2D eigenvalue weighted by Gasteiger charge is 2.48. The van der Waals surface area contributed by atoms with Crippen LogP contribution in [0.25, 0.3) is 5.76 Å². The molecule has 0 spiro atoms. The smallest absolute Gasteiger partial charge is 0.301 e. The molecule has 1 amide bonds. The van der Waals surface area contributed by atoms with Gasteiger partial charge >= 0.3 is 5.91 Å². The summed E-state index contributed by atoms with van der Waals surface area (Å²) in [5.41, 5.74) is 1.73. The van der Waals surface area contributed by atoms with E-state index in [1.54, 1.807) is 42.5 Å². The number of anilines is 1. The predicted molar refractivity (Wildman–Crippen MR) is 172 cm³/mol. The Kier molecular flexibility index (Phi) is 10.1. The Morgan fingerprint density at radius 2 is 1.77 bits per heavy atom. The van der Waals surface area contributed by atoms with E-state index < -0.39 is 17.7 Å². The Morgan fingerprint density at radius 3 is 2.48 bits per heavy atom. The van der Waals surface area contributed by atoms with Crippen molar-refractivity contribution in [2.75, 3.05) is 25.7 Å². The summed E-state index contributed by atoms with van der Waals surface area (Å²) in [6, 6.07) is 18.3. The summed E-state index contributed by atoms with van der Waals surface area (Å²) in [6.45, 7) is 2.66. The molecule has 0 aliphatic carbocycles. The number of aromatic nitrogens is 2. The number of hydrogen-bond acceptors (Lipinski definition) is 10. The zero-order valence-corrected chi connectivity index (χ0v) is 26.7. The second kappa shape index (κ2) is 14.1. The maximum absolute atomic E-state index is 13.6. The molecule has 1 fully saturated rings. The summed E-state index contributed by atoms with van der Waals surface area (Å²) in [5, 5.41) is 20.9. The molecule has 0 bridgehead atoms. The van der Waals surface area contributed by atoms with E-state index in [0.29, 0.717) is 50.1 Å². The van der Waals surface area contributed by atoms with Crippen molar-refractivity contribution in [3.8, 4) is 17.2 Å². The number of unbranched alkanes of at least 4 members (excludes halogenated alkanes) is 1. The van der Waals surface area contributed by atoms with Gasteiger partial charge in [0.2, 0.25) is 5.13 Å². The molecule has 1 aliphatic heterocycles. The number of aliphatic hydroxyl groups excluding tert-OH is 1. The number of rotatable bonds is 12. The van der Waals surface area contributed by atoms with Gasteiger partial charge in [0.25, 0.3) is 5.78 Å². The fourth-order valence-corrected chi connectivity index (χ4v) is 6.83. The Hall–Kier alpha value is -4.06. The number of hydrogen-bond donors (Lipinski definition) is 1. The Balaban J connectivity index is 1.54. The van der Waals surface area contributed by atoms with Gasteiger partial charge in [0.05, 0.1) is 32.4 Å². The van der Waals surface area contributed by atoms with Crippen LogP contribution in [0, 0.1) is 0 Å². The van der Waals surface area contributed by atoms with Gasteiger partial charge in [-0.1, -0.05) is 72.3 Å². The number of halogens is 1. The van der Waals surface area contributed by atoms with Crippen molar-refractivity contribution < 1.29 is 28.9 Å². The van der Waals surface area contributed by atoms with Crippen molar-refractivity contribution in [1.82, 2.24) is 10.2 Å². The van der Waals surface area contributed by atoms with Crippen LogP contribution in [-0.2, 0) is 15.3 Å². The molecule has 2 heterocycles. The zero-order valence-electron chi connectivity index (χ0n) is 24.3. The number of benzene rings is 3. The van der Waals surface area contributed by atoms with E-state index in [1.807, 2.05) is 24.3 Å². The van der Waals surface area contributed by atoms with Crippen molar-refractivity contribution in [3.05, 3.63) is 94.0 Å². The molecular weight excluding hydrogens is 622 g/mol. The third-order valence-corrected chi connectivity index (χ3v) is 9.45. The number of ether oxygens (including phenoxy) is 3. The first-order valence-electron chi connectivity index (χ1n) is 13.8. The molecular formula is C32H30ClN3O6S2. The van der Waals surface area contributed by atoms with Crippen LogP contribution in [0.4, 0.5) is 5.13 Å². The van der Waals surface area contributed by atoms with Gasteiger partial charge in [0.1, 0.15) is 11.5 Å². The molecule has 3 aromatic carbocycles.